The van der Waals surface area contributed by atoms with Gasteiger partial charge in [0.05, 0.1) is 34.0 Å². The van der Waals surface area contributed by atoms with Crippen LogP contribution in [0.1, 0.15) is 25.3 Å². The molecule has 5 nitrogen and oxygen atoms in total. The van der Waals surface area contributed by atoms with Gasteiger partial charge in [-0.3, -0.25) is 0 Å². The first-order chi connectivity index (χ1) is 11.0. The third-order valence-electron chi connectivity index (χ3n) is 3.89. The second-order valence-corrected chi connectivity index (χ2v) is 7.56. The summed E-state index contributed by atoms with van der Waals surface area (Å²) in [5.41, 5.74) is 0.809. The molecule has 124 valence electrons. The van der Waals surface area contributed by atoms with Gasteiger partial charge < -0.3 is 15.0 Å². The van der Waals surface area contributed by atoms with Gasteiger partial charge in [0.2, 0.25) is 0 Å². The summed E-state index contributed by atoms with van der Waals surface area (Å²) < 4.78 is 6.85. The van der Waals surface area contributed by atoms with E-state index in [9.17, 15) is 4.79 Å². The quantitative estimate of drug-likeness (QED) is 0.875. The van der Waals surface area contributed by atoms with E-state index >= 15 is 0 Å². The molecular formula is C17H23N3O2S. The zero-order valence-corrected chi connectivity index (χ0v) is 14.5. The molecule has 0 aliphatic carbocycles. The van der Waals surface area contributed by atoms with Crippen molar-refractivity contribution in [2.24, 2.45) is 0 Å². The number of aromatic nitrogens is 1. The molecule has 1 aliphatic heterocycles. The molecule has 0 saturated carbocycles. The van der Waals surface area contributed by atoms with Crippen LogP contribution in [0, 0.1) is 0 Å². The first-order valence-corrected chi connectivity index (χ1v) is 8.86. The number of carbonyl (C=O) groups is 1. The van der Waals surface area contributed by atoms with Crippen molar-refractivity contribution < 1.29 is 9.53 Å². The Kier molecular flexibility index (Phi) is 4.82. The van der Waals surface area contributed by atoms with Crippen molar-refractivity contribution in [3.8, 4) is 0 Å². The highest BCUT2D eigenvalue weighted by Gasteiger charge is 2.29. The highest BCUT2D eigenvalue weighted by Crippen LogP contribution is 2.22. The van der Waals surface area contributed by atoms with Crippen LogP contribution in [0.5, 0.6) is 0 Å². The van der Waals surface area contributed by atoms with Crippen LogP contribution in [0.2, 0.25) is 0 Å². The molecule has 0 atom stereocenters. The lowest BCUT2D eigenvalue weighted by molar-refractivity contribution is -0.0733. The van der Waals surface area contributed by atoms with Crippen molar-refractivity contribution in [1.29, 1.82) is 0 Å². The number of para-hydroxylation sites is 1. The minimum atomic E-state index is -0.253. The number of aryl methyl sites for hydroxylation is 1. The Bertz CT molecular complexity index is 650. The molecule has 1 aromatic heterocycles. The van der Waals surface area contributed by atoms with Crippen molar-refractivity contribution in [1.82, 2.24) is 15.2 Å². The summed E-state index contributed by atoms with van der Waals surface area (Å²) in [5.74, 6) is 0. The minimum absolute atomic E-state index is 0.00525. The van der Waals surface area contributed by atoms with Crippen LogP contribution in [-0.2, 0) is 11.2 Å². The number of benzene rings is 1. The van der Waals surface area contributed by atoms with Crippen molar-refractivity contribution in [2.75, 3.05) is 26.2 Å². The van der Waals surface area contributed by atoms with Crippen LogP contribution < -0.4 is 5.32 Å². The van der Waals surface area contributed by atoms with E-state index in [1.165, 1.54) is 4.70 Å². The Morgan fingerprint density at radius 3 is 3.04 bits per heavy atom. The Labute approximate surface area is 140 Å². The van der Waals surface area contributed by atoms with Gasteiger partial charge in [-0.2, -0.15) is 0 Å². The Balaban J connectivity index is 1.43. The van der Waals surface area contributed by atoms with E-state index in [0.29, 0.717) is 26.2 Å². The average molecular weight is 333 g/mol. The molecular weight excluding hydrogens is 310 g/mol. The van der Waals surface area contributed by atoms with E-state index in [-0.39, 0.29) is 11.6 Å². The number of hydrogen-bond donors (Lipinski definition) is 1. The number of hydrogen-bond acceptors (Lipinski definition) is 4. The highest BCUT2D eigenvalue weighted by atomic mass is 32.1. The lowest BCUT2D eigenvalue weighted by atomic mass is 10.1. The third-order valence-corrected chi connectivity index (χ3v) is 4.99. The molecule has 1 saturated heterocycles. The number of fused-ring (bicyclic) bond motifs is 1. The maximum absolute atomic E-state index is 12.2. The van der Waals surface area contributed by atoms with Gasteiger partial charge in [-0.25, -0.2) is 9.78 Å². The van der Waals surface area contributed by atoms with Crippen molar-refractivity contribution in [2.45, 2.75) is 32.3 Å². The maximum atomic E-state index is 12.2. The molecule has 0 unspecified atom stereocenters. The topological polar surface area (TPSA) is 54.5 Å². The van der Waals surface area contributed by atoms with Crippen LogP contribution in [0.4, 0.5) is 4.79 Å². The van der Waals surface area contributed by atoms with Gasteiger partial charge in [0.1, 0.15) is 0 Å². The standard InChI is InChI=1S/C17H23N3O2S/c1-17(2)12-20(10-11-22-17)16(21)18-9-5-8-15-19-13-6-3-4-7-14(13)23-15/h3-4,6-7H,5,8-12H2,1-2H3,(H,18,21). The molecule has 6 heteroatoms. The normalized spacial score (nSPS) is 17.4. The number of amides is 2. The Morgan fingerprint density at radius 2 is 2.26 bits per heavy atom. The number of nitrogens with zero attached hydrogens (tertiary/aromatic N) is 2. The van der Waals surface area contributed by atoms with Gasteiger partial charge in [0.25, 0.3) is 0 Å². The van der Waals surface area contributed by atoms with Crippen molar-refractivity contribution in [3.63, 3.8) is 0 Å². The van der Waals surface area contributed by atoms with Crippen LogP contribution >= 0.6 is 11.3 Å². The van der Waals surface area contributed by atoms with Gasteiger partial charge in [0.15, 0.2) is 0 Å². The Morgan fingerprint density at radius 1 is 1.43 bits per heavy atom. The number of thiazole rings is 1. The molecule has 0 bridgehead atoms. The van der Waals surface area contributed by atoms with Gasteiger partial charge in [0, 0.05) is 19.5 Å². The summed E-state index contributed by atoms with van der Waals surface area (Å²) in [6.07, 6.45) is 1.80. The zero-order chi connectivity index (χ0) is 16.3. The predicted molar refractivity (Wildman–Crippen MR) is 92.9 cm³/mol. The fraction of sp³-hybridized carbons (Fsp3) is 0.529. The zero-order valence-electron chi connectivity index (χ0n) is 13.7. The summed E-state index contributed by atoms with van der Waals surface area (Å²) in [7, 11) is 0. The smallest absolute Gasteiger partial charge is 0.317 e. The number of rotatable bonds is 4. The summed E-state index contributed by atoms with van der Waals surface area (Å²) in [6, 6.07) is 8.19. The molecule has 23 heavy (non-hydrogen) atoms. The summed E-state index contributed by atoms with van der Waals surface area (Å²) in [5, 5.41) is 4.13. The van der Waals surface area contributed by atoms with Gasteiger partial charge in [-0.05, 0) is 32.4 Å². The molecule has 2 aromatic rings. The SMILES string of the molecule is CC1(C)CN(C(=O)NCCCc2nc3ccccc3s2)CCO1. The number of morpholine rings is 1. The molecule has 1 fully saturated rings. The molecule has 0 spiro atoms. The van der Waals surface area contributed by atoms with Crippen LogP contribution in [0.25, 0.3) is 10.2 Å². The number of ether oxygens (including phenoxy) is 1. The number of nitrogens with one attached hydrogen (secondary N) is 1. The maximum Gasteiger partial charge on any atom is 0.317 e. The van der Waals surface area contributed by atoms with Crippen LogP contribution in [0.15, 0.2) is 24.3 Å². The first-order valence-electron chi connectivity index (χ1n) is 8.05. The predicted octanol–water partition coefficient (Wildman–Crippen LogP) is 3.05. The van der Waals surface area contributed by atoms with Gasteiger partial charge in [-0.15, -0.1) is 11.3 Å². The largest absolute Gasteiger partial charge is 0.372 e. The summed E-state index contributed by atoms with van der Waals surface area (Å²) in [4.78, 5) is 18.6. The molecule has 3 rings (SSSR count). The molecule has 2 heterocycles. The highest BCUT2D eigenvalue weighted by molar-refractivity contribution is 7.18. The third kappa shape index (κ3) is 4.20. The monoisotopic (exact) mass is 333 g/mol. The lowest BCUT2D eigenvalue weighted by Crippen LogP contribution is -2.53. The molecule has 0 radical (unpaired) electrons. The fourth-order valence-electron chi connectivity index (χ4n) is 2.76. The number of urea groups is 1. The van der Waals surface area contributed by atoms with Crippen LogP contribution in [-0.4, -0.2) is 47.8 Å². The second-order valence-electron chi connectivity index (χ2n) is 6.44. The molecule has 1 N–H and O–H groups in total. The average Bonchev–Trinajstić information content (AvgIpc) is 2.93. The van der Waals surface area contributed by atoms with E-state index in [1.807, 2.05) is 36.9 Å². The molecule has 2 amide bonds. The van der Waals surface area contributed by atoms with E-state index in [0.717, 1.165) is 23.4 Å². The van der Waals surface area contributed by atoms with Crippen molar-refractivity contribution in [3.05, 3.63) is 29.3 Å². The van der Waals surface area contributed by atoms with E-state index in [2.05, 4.69) is 16.4 Å². The molecule has 1 aromatic carbocycles. The lowest BCUT2D eigenvalue weighted by Gasteiger charge is -2.38. The van der Waals surface area contributed by atoms with E-state index in [4.69, 9.17) is 4.74 Å². The molecule has 1 aliphatic rings. The van der Waals surface area contributed by atoms with E-state index in [1.54, 1.807) is 11.3 Å². The first kappa shape index (κ1) is 16.2. The fourth-order valence-corrected chi connectivity index (χ4v) is 3.77. The van der Waals surface area contributed by atoms with E-state index < -0.39 is 0 Å². The minimum Gasteiger partial charge on any atom is -0.372 e. The summed E-state index contributed by atoms with van der Waals surface area (Å²) >= 11 is 1.73. The van der Waals surface area contributed by atoms with Gasteiger partial charge >= 0.3 is 6.03 Å². The summed E-state index contributed by atoms with van der Waals surface area (Å²) in [6.45, 7) is 6.60. The van der Waals surface area contributed by atoms with Crippen molar-refractivity contribution >= 4 is 27.6 Å². The number of carbonyl (C=O) groups excluding carboxylic acids is 1. The van der Waals surface area contributed by atoms with Crippen LogP contribution in [0.3, 0.4) is 0 Å². The van der Waals surface area contributed by atoms with Gasteiger partial charge in [-0.1, -0.05) is 12.1 Å². The Hall–Kier alpha value is -1.66. The second kappa shape index (κ2) is 6.84.